The van der Waals surface area contributed by atoms with Crippen LogP contribution in [-0.4, -0.2) is 36.3 Å². The highest BCUT2D eigenvalue weighted by Crippen LogP contribution is 2.28. The normalized spacial score (nSPS) is 10.4. The van der Waals surface area contributed by atoms with Crippen LogP contribution in [0.5, 0.6) is 5.75 Å². The van der Waals surface area contributed by atoms with Crippen molar-refractivity contribution >= 4 is 52.3 Å². The zero-order valence-corrected chi connectivity index (χ0v) is 16.1. The number of anilines is 1. The van der Waals surface area contributed by atoms with Crippen LogP contribution in [0.15, 0.2) is 27.9 Å². The van der Waals surface area contributed by atoms with Gasteiger partial charge in [0, 0.05) is 10.4 Å². The molecule has 1 N–H and O–H groups in total. The lowest BCUT2D eigenvalue weighted by atomic mass is 10.3. The van der Waals surface area contributed by atoms with Crippen LogP contribution in [0, 0.1) is 0 Å². The van der Waals surface area contributed by atoms with E-state index in [9.17, 15) is 9.59 Å². The van der Waals surface area contributed by atoms with Gasteiger partial charge in [0.2, 0.25) is 5.91 Å². The number of esters is 1. The van der Waals surface area contributed by atoms with E-state index in [1.54, 1.807) is 30.5 Å². The summed E-state index contributed by atoms with van der Waals surface area (Å²) in [4.78, 5) is 27.8. The largest absolute Gasteiger partial charge is 0.495 e. The standard InChI is InChI=1S/C16H17ClN2O4S2/c1-3-23-15(21)7-11-8-24-16(18-11)25-9-14(20)19-12-6-10(17)4-5-13(12)22-2/h4-6,8H,3,7,9H2,1-2H3,(H,19,20). The Balaban J connectivity index is 1.87. The van der Waals surface area contributed by atoms with E-state index in [1.807, 2.05) is 0 Å². The van der Waals surface area contributed by atoms with Gasteiger partial charge in [0.15, 0.2) is 4.34 Å². The van der Waals surface area contributed by atoms with Crippen LogP contribution in [0.25, 0.3) is 0 Å². The Hall–Kier alpha value is -1.77. The predicted molar refractivity (Wildman–Crippen MR) is 99.8 cm³/mol. The zero-order valence-electron chi connectivity index (χ0n) is 13.7. The maximum Gasteiger partial charge on any atom is 0.311 e. The van der Waals surface area contributed by atoms with E-state index in [-0.39, 0.29) is 24.1 Å². The number of halogens is 1. The van der Waals surface area contributed by atoms with Crippen LogP contribution in [0.3, 0.4) is 0 Å². The van der Waals surface area contributed by atoms with E-state index in [0.717, 1.165) is 0 Å². The van der Waals surface area contributed by atoms with Crippen LogP contribution >= 0.6 is 34.7 Å². The van der Waals surface area contributed by atoms with Crippen LogP contribution in [0.2, 0.25) is 5.02 Å². The summed E-state index contributed by atoms with van der Waals surface area (Å²) in [6, 6.07) is 5.00. The average Bonchev–Trinajstić information content (AvgIpc) is 3.01. The molecule has 0 aliphatic carbocycles. The number of benzene rings is 1. The van der Waals surface area contributed by atoms with Crippen molar-refractivity contribution in [2.24, 2.45) is 0 Å². The number of nitrogens with zero attached hydrogens (tertiary/aromatic N) is 1. The van der Waals surface area contributed by atoms with Gasteiger partial charge in [0.25, 0.3) is 0 Å². The first-order chi connectivity index (χ1) is 12.0. The van der Waals surface area contributed by atoms with Gasteiger partial charge < -0.3 is 14.8 Å². The van der Waals surface area contributed by atoms with Crippen LogP contribution in [0.1, 0.15) is 12.6 Å². The third-order valence-electron chi connectivity index (χ3n) is 2.92. The maximum atomic E-state index is 12.1. The fraction of sp³-hybridized carbons (Fsp3) is 0.312. The number of carbonyl (C=O) groups is 2. The molecule has 0 bridgehead atoms. The molecule has 1 aromatic carbocycles. The number of hydrogen-bond donors (Lipinski definition) is 1. The smallest absolute Gasteiger partial charge is 0.311 e. The highest BCUT2D eigenvalue weighted by Gasteiger charge is 2.12. The van der Waals surface area contributed by atoms with Crippen LogP contribution in [0.4, 0.5) is 5.69 Å². The molecular weight excluding hydrogens is 384 g/mol. The molecular formula is C16H17ClN2O4S2. The molecule has 1 amide bonds. The lowest BCUT2D eigenvalue weighted by Gasteiger charge is -2.10. The summed E-state index contributed by atoms with van der Waals surface area (Å²) in [5.41, 5.74) is 1.16. The number of hydrogen-bond acceptors (Lipinski definition) is 7. The fourth-order valence-electron chi connectivity index (χ4n) is 1.89. The monoisotopic (exact) mass is 400 g/mol. The molecule has 2 aromatic rings. The van der Waals surface area contributed by atoms with Crippen molar-refractivity contribution in [1.82, 2.24) is 4.98 Å². The molecule has 0 aliphatic heterocycles. The van der Waals surface area contributed by atoms with E-state index in [2.05, 4.69) is 10.3 Å². The average molecular weight is 401 g/mol. The first-order valence-corrected chi connectivity index (χ1v) is 9.62. The number of carbonyl (C=O) groups excluding carboxylic acids is 2. The number of aromatic nitrogens is 1. The Labute approximate surface area is 158 Å². The topological polar surface area (TPSA) is 77.5 Å². The van der Waals surface area contributed by atoms with E-state index >= 15 is 0 Å². The molecule has 0 aliphatic rings. The van der Waals surface area contributed by atoms with Gasteiger partial charge >= 0.3 is 5.97 Å². The highest BCUT2D eigenvalue weighted by molar-refractivity contribution is 8.01. The van der Waals surface area contributed by atoms with Gasteiger partial charge in [0.1, 0.15) is 5.75 Å². The van der Waals surface area contributed by atoms with E-state index in [4.69, 9.17) is 21.1 Å². The summed E-state index contributed by atoms with van der Waals surface area (Å²) in [6.07, 6.45) is 0.136. The second kappa shape index (κ2) is 9.65. The molecule has 0 spiro atoms. The van der Waals surface area contributed by atoms with Crippen LogP contribution in [-0.2, 0) is 20.7 Å². The van der Waals surface area contributed by atoms with E-state index in [1.165, 1.54) is 30.2 Å². The summed E-state index contributed by atoms with van der Waals surface area (Å²) in [5, 5.41) is 5.06. The first kappa shape index (κ1) is 19.6. The summed E-state index contributed by atoms with van der Waals surface area (Å²) in [5.74, 6) is 0.207. The van der Waals surface area contributed by atoms with Gasteiger partial charge in [-0.05, 0) is 25.1 Å². The molecule has 0 radical (unpaired) electrons. The molecule has 134 valence electrons. The Morgan fingerprint density at radius 3 is 2.92 bits per heavy atom. The van der Waals surface area contributed by atoms with Gasteiger partial charge in [-0.1, -0.05) is 23.4 Å². The molecule has 0 saturated heterocycles. The van der Waals surface area contributed by atoms with Crippen LogP contribution < -0.4 is 10.1 Å². The van der Waals surface area contributed by atoms with Gasteiger partial charge in [0.05, 0.1) is 37.3 Å². The second-order valence-corrected chi connectivity index (χ2v) is 7.29. The third kappa shape index (κ3) is 6.22. The molecule has 0 unspecified atom stereocenters. The van der Waals surface area contributed by atoms with Crippen molar-refractivity contribution in [2.75, 3.05) is 24.8 Å². The number of ether oxygens (including phenoxy) is 2. The molecule has 1 aromatic heterocycles. The van der Waals surface area contributed by atoms with E-state index < -0.39 is 0 Å². The van der Waals surface area contributed by atoms with Crippen molar-refractivity contribution in [1.29, 1.82) is 0 Å². The molecule has 9 heteroatoms. The second-order valence-electron chi connectivity index (χ2n) is 4.77. The minimum absolute atomic E-state index is 0.136. The molecule has 2 rings (SSSR count). The van der Waals surface area contributed by atoms with Crippen molar-refractivity contribution in [3.63, 3.8) is 0 Å². The predicted octanol–water partition coefficient (Wildman–Crippen LogP) is 3.64. The first-order valence-electron chi connectivity index (χ1n) is 7.38. The summed E-state index contributed by atoms with van der Waals surface area (Å²) in [7, 11) is 1.52. The summed E-state index contributed by atoms with van der Waals surface area (Å²) < 4.78 is 10.8. The van der Waals surface area contributed by atoms with Gasteiger partial charge in [-0.15, -0.1) is 11.3 Å². The zero-order chi connectivity index (χ0) is 18.2. The van der Waals surface area contributed by atoms with Crippen molar-refractivity contribution < 1.29 is 19.1 Å². The Kier molecular flexibility index (Phi) is 7.54. The van der Waals surface area contributed by atoms with E-state index in [0.29, 0.717) is 33.1 Å². The third-order valence-corrected chi connectivity index (χ3v) is 5.23. The molecule has 0 atom stereocenters. The number of rotatable bonds is 8. The minimum Gasteiger partial charge on any atom is -0.495 e. The van der Waals surface area contributed by atoms with Gasteiger partial charge in [-0.2, -0.15) is 0 Å². The molecule has 0 saturated carbocycles. The van der Waals surface area contributed by atoms with Gasteiger partial charge in [-0.25, -0.2) is 4.98 Å². The quantitative estimate of drug-likeness (QED) is 0.538. The Bertz CT molecular complexity index is 751. The lowest BCUT2D eigenvalue weighted by Crippen LogP contribution is -2.14. The minimum atomic E-state index is -0.310. The number of thiazole rings is 1. The summed E-state index contributed by atoms with van der Waals surface area (Å²) >= 11 is 8.62. The Morgan fingerprint density at radius 1 is 1.40 bits per heavy atom. The highest BCUT2D eigenvalue weighted by atomic mass is 35.5. The molecule has 6 nitrogen and oxygen atoms in total. The molecule has 0 fully saturated rings. The van der Waals surface area contributed by atoms with Crippen molar-refractivity contribution in [3.8, 4) is 5.75 Å². The van der Waals surface area contributed by atoms with Crippen molar-refractivity contribution in [3.05, 3.63) is 34.3 Å². The maximum absolute atomic E-state index is 12.1. The lowest BCUT2D eigenvalue weighted by molar-refractivity contribution is -0.142. The number of thioether (sulfide) groups is 1. The number of nitrogens with one attached hydrogen (secondary N) is 1. The number of methoxy groups -OCH3 is 1. The Morgan fingerprint density at radius 2 is 2.20 bits per heavy atom. The fourth-order valence-corrected chi connectivity index (χ4v) is 3.70. The molecule has 25 heavy (non-hydrogen) atoms. The van der Waals surface area contributed by atoms with Crippen molar-refractivity contribution in [2.45, 2.75) is 17.7 Å². The molecule has 1 heterocycles. The SMILES string of the molecule is CCOC(=O)Cc1csc(SCC(=O)Nc2cc(Cl)ccc2OC)n1. The summed E-state index contributed by atoms with van der Waals surface area (Å²) in [6.45, 7) is 2.10. The van der Waals surface area contributed by atoms with Gasteiger partial charge in [-0.3, -0.25) is 9.59 Å². The number of amides is 1.